The lowest BCUT2D eigenvalue weighted by Gasteiger charge is -2.20. The predicted octanol–water partition coefficient (Wildman–Crippen LogP) is 3.10. The zero-order chi connectivity index (χ0) is 14.7. The van der Waals surface area contributed by atoms with Crippen molar-refractivity contribution in [2.75, 3.05) is 7.05 Å². The fourth-order valence-electron chi connectivity index (χ4n) is 2.35. The normalized spacial score (nSPS) is 12.4. The zero-order valence-corrected chi connectivity index (χ0v) is 12.4. The van der Waals surface area contributed by atoms with Crippen molar-refractivity contribution in [1.29, 1.82) is 0 Å². The second-order valence-corrected chi connectivity index (χ2v) is 4.97. The Morgan fingerprint density at radius 3 is 2.55 bits per heavy atom. The van der Waals surface area contributed by atoms with E-state index in [-0.39, 0.29) is 11.9 Å². The fraction of sp³-hybridized carbons (Fsp3) is 0.375. The Hall–Kier alpha value is -1.81. The molecule has 1 unspecified atom stereocenters. The van der Waals surface area contributed by atoms with Crippen LogP contribution in [0.2, 0.25) is 0 Å². The summed E-state index contributed by atoms with van der Waals surface area (Å²) >= 11 is 0. The lowest BCUT2D eigenvalue weighted by molar-refractivity contribution is 0.606. The van der Waals surface area contributed by atoms with Gasteiger partial charge in [-0.25, -0.2) is 4.39 Å². The van der Waals surface area contributed by atoms with E-state index in [9.17, 15) is 4.39 Å². The molecule has 0 amide bonds. The van der Waals surface area contributed by atoms with E-state index in [1.54, 1.807) is 13.0 Å². The van der Waals surface area contributed by atoms with Crippen molar-refractivity contribution in [3.63, 3.8) is 0 Å². The van der Waals surface area contributed by atoms with Crippen LogP contribution in [0.5, 0.6) is 0 Å². The van der Waals surface area contributed by atoms with Gasteiger partial charge < -0.3 is 5.32 Å². The molecule has 0 saturated carbocycles. The Morgan fingerprint density at radius 1 is 1.20 bits per heavy atom. The summed E-state index contributed by atoms with van der Waals surface area (Å²) in [6, 6.07) is 7.29. The molecule has 0 bridgehead atoms. The van der Waals surface area contributed by atoms with Gasteiger partial charge in [-0.2, -0.15) is 10.2 Å². The molecular formula is C16H20FN3. The molecular weight excluding hydrogens is 253 g/mol. The molecule has 0 saturated heterocycles. The number of benzene rings is 1. The molecule has 0 spiro atoms. The van der Waals surface area contributed by atoms with E-state index < -0.39 is 0 Å². The highest BCUT2D eigenvalue weighted by molar-refractivity contribution is 5.36. The fourth-order valence-corrected chi connectivity index (χ4v) is 2.35. The van der Waals surface area contributed by atoms with Crippen molar-refractivity contribution in [2.45, 2.75) is 33.2 Å². The minimum absolute atomic E-state index is 0.0748. The Kier molecular flexibility index (Phi) is 4.45. The summed E-state index contributed by atoms with van der Waals surface area (Å²) in [6.45, 7) is 5.73. The van der Waals surface area contributed by atoms with Crippen LogP contribution in [0.4, 0.5) is 4.39 Å². The van der Waals surface area contributed by atoms with Crippen LogP contribution in [0.25, 0.3) is 0 Å². The molecule has 1 N–H and O–H groups in total. The third kappa shape index (κ3) is 2.85. The van der Waals surface area contributed by atoms with Crippen molar-refractivity contribution in [3.05, 3.63) is 58.2 Å². The summed E-state index contributed by atoms with van der Waals surface area (Å²) < 4.78 is 13.8. The number of halogens is 1. The van der Waals surface area contributed by atoms with Gasteiger partial charge in [0.1, 0.15) is 5.82 Å². The van der Waals surface area contributed by atoms with Crippen molar-refractivity contribution in [2.24, 2.45) is 0 Å². The highest BCUT2D eigenvalue weighted by atomic mass is 19.1. The lowest BCUT2D eigenvalue weighted by atomic mass is 9.95. The van der Waals surface area contributed by atoms with E-state index >= 15 is 0 Å². The number of nitrogens with zero attached hydrogens (tertiary/aromatic N) is 2. The molecule has 2 aromatic rings. The van der Waals surface area contributed by atoms with Gasteiger partial charge in [0.05, 0.1) is 17.4 Å². The standard InChI is InChI=1S/C16H20FN3/c1-5-15-13(8-11(3)19-20-15)16(18-4)12-7-6-10(2)14(17)9-12/h6-9,16,18H,5H2,1-4H3. The molecule has 0 aliphatic carbocycles. The summed E-state index contributed by atoms with van der Waals surface area (Å²) in [6.07, 6.45) is 0.801. The maximum atomic E-state index is 13.8. The van der Waals surface area contributed by atoms with E-state index in [0.717, 1.165) is 28.9 Å². The molecule has 0 radical (unpaired) electrons. The van der Waals surface area contributed by atoms with Crippen molar-refractivity contribution in [3.8, 4) is 0 Å². The van der Waals surface area contributed by atoms with Crippen LogP contribution in [0, 0.1) is 19.7 Å². The third-order valence-electron chi connectivity index (χ3n) is 3.49. The van der Waals surface area contributed by atoms with Gasteiger partial charge in [-0.15, -0.1) is 0 Å². The van der Waals surface area contributed by atoms with Crippen LogP contribution in [0.1, 0.15) is 41.0 Å². The Balaban J connectivity index is 2.51. The highest BCUT2D eigenvalue weighted by Crippen LogP contribution is 2.25. The van der Waals surface area contributed by atoms with Gasteiger partial charge in [-0.05, 0) is 56.1 Å². The van der Waals surface area contributed by atoms with Crippen LogP contribution < -0.4 is 5.32 Å². The molecule has 106 valence electrons. The van der Waals surface area contributed by atoms with E-state index in [1.165, 1.54) is 0 Å². The van der Waals surface area contributed by atoms with Gasteiger partial charge >= 0.3 is 0 Å². The lowest BCUT2D eigenvalue weighted by Crippen LogP contribution is -2.20. The van der Waals surface area contributed by atoms with Crippen LogP contribution in [0.15, 0.2) is 24.3 Å². The molecule has 1 heterocycles. The number of nitrogens with one attached hydrogen (secondary N) is 1. The first-order valence-corrected chi connectivity index (χ1v) is 6.83. The van der Waals surface area contributed by atoms with Crippen LogP contribution in [-0.4, -0.2) is 17.2 Å². The van der Waals surface area contributed by atoms with Gasteiger partial charge in [-0.1, -0.05) is 19.1 Å². The van der Waals surface area contributed by atoms with Crippen LogP contribution in [0.3, 0.4) is 0 Å². The summed E-state index contributed by atoms with van der Waals surface area (Å²) in [5.41, 5.74) is 4.42. The van der Waals surface area contributed by atoms with Gasteiger partial charge in [0.25, 0.3) is 0 Å². The van der Waals surface area contributed by atoms with Gasteiger partial charge in [0, 0.05) is 0 Å². The molecule has 0 aliphatic rings. The highest BCUT2D eigenvalue weighted by Gasteiger charge is 2.18. The largest absolute Gasteiger partial charge is 0.309 e. The van der Waals surface area contributed by atoms with Crippen molar-refractivity contribution < 1.29 is 4.39 Å². The summed E-state index contributed by atoms with van der Waals surface area (Å²) in [4.78, 5) is 0. The average molecular weight is 273 g/mol. The summed E-state index contributed by atoms with van der Waals surface area (Å²) in [7, 11) is 1.87. The molecule has 0 aliphatic heterocycles. The number of rotatable bonds is 4. The SMILES string of the molecule is CCc1nnc(C)cc1C(NC)c1ccc(C)c(F)c1. The molecule has 1 aromatic carbocycles. The van der Waals surface area contributed by atoms with E-state index in [1.807, 2.05) is 39.1 Å². The van der Waals surface area contributed by atoms with Crippen LogP contribution >= 0.6 is 0 Å². The number of hydrogen-bond acceptors (Lipinski definition) is 3. The molecule has 3 nitrogen and oxygen atoms in total. The predicted molar refractivity (Wildman–Crippen MR) is 78.2 cm³/mol. The van der Waals surface area contributed by atoms with E-state index in [2.05, 4.69) is 15.5 Å². The average Bonchev–Trinajstić information content (AvgIpc) is 2.44. The van der Waals surface area contributed by atoms with Crippen molar-refractivity contribution in [1.82, 2.24) is 15.5 Å². The van der Waals surface area contributed by atoms with Gasteiger partial charge in [-0.3, -0.25) is 0 Å². The maximum absolute atomic E-state index is 13.8. The summed E-state index contributed by atoms with van der Waals surface area (Å²) in [5, 5.41) is 11.6. The number of aromatic nitrogens is 2. The molecule has 4 heteroatoms. The van der Waals surface area contributed by atoms with Crippen molar-refractivity contribution >= 4 is 0 Å². The topological polar surface area (TPSA) is 37.8 Å². The minimum atomic E-state index is -0.181. The first-order chi connectivity index (χ1) is 9.56. The Morgan fingerprint density at radius 2 is 1.95 bits per heavy atom. The number of hydrogen-bond donors (Lipinski definition) is 1. The van der Waals surface area contributed by atoms with E-state index in [4.69, 9.17) is 0 Å². The third-order valence-corrected chi connectivity index (χ3v) is 3.49. The molecule has 20 heavy (non-hydrogen) atoms. The smallest absolute Gasteiger partial charge is 0.126 e. The number of aryl methyl sites for hydroxylation is 3. The van der Waals surface area contributed by atoms with E-state index in [0.29, 0.717) is 5.56 Å². The molecule has 1 atom stereocenters. The summed E-state index contributed by atoms with van der Waals surface area (Å²) in [5.74, 6) is -0.181. The zero-order valence-electron chi connectivity index (χ0n) is 12.4. The van der Waals surface area contributed by atoms with Gasteiger partial charge in [0.2, 0.25) is 0 Å². The second-order valence-electron chi connectivity index (χ2n) is 4.97. The quantitative estimate of drug-likeness (QED) is 0.930. The minimum Gasteiger partial charge on any atom is -0.309 e. The molecule has 0 fully saturated rings. The maximum Gasteiger partial charge on any atom is 0.126 e. The Bertz CT molecular complexity index is 611. The van der Waals surface area contributed by atoms with Gasteiger partial charge in [0.15, 0.2) is 0 Å². The molecule has 2 rings (SSSR count). The molecule has 1 aromatic heterocycles. The van der Waals surface area contributed by atoms with Crippen LogP contribution in [-0.2, 0) is 6.42 Å². The second kappa shape index (κ2) is 6.09. The Labute approximate surface area is 119 Å². The first kappa shape index (κ1) is 14.6. The monoisotopic (exact) mass is 273 g/mol. The first-order valence-electron chi connectivity index (χ1n) is 6.83.